The highest BCUT2D eigenvalue weighted by molar-refractivity contribution is 7.89. The summed E-state index contributed by atoms with van der Waals surface area (Å²) in [5.41, 5.74) is 6.70. The highest BCUT2D eigenvalue weighted by Crippen LogP contribution is 2.26. The van der Waals surface area contributed by atoms with Crippen LogP contribution in [0.1, 0.15) is 0 Å². The van der Waals surface area contributed by atoms with Gasteiger partial charge >= 0.3 is 0 Å². The largest absolute Gasteiger partial charge is 0.320 e. The van der Waals surface area contributed by atoms with Gasteiger partial charge in [-0.1, -0.05) is 0 Å². The summed E-state index contributed by atoms with van der Waals surface area (Å²) in [7, 11) is 1.75. The van der Waals surface area contributed by atoms with Crippen molar-refractivity contribution in [2.45, 2.75) is 4.90 Å². The van der Waals surface area contributed by atoms with Crippen molar-refractivity contribution in [3.05, 3.63) is 12.1 Å². The second-order valence-electron chi connectivity index (χ2n) is 4.65. The molecule has 2 rings (SSSR count). The van der Waals surface area contributed by atoms with Crippen LogP contribution in [-0.4, -0.2) is 57.9 Å². The van der Waals surface area contributed by atoms with Gasteiger partial charge < -0.3 is 10.3 Å². The van der Waals surface area contributed by atoms with E-state index in [2.05, 4.69) is 30.5 Å². The van der Waals surface area contributed by atoms with Gasteiger partial charge in [-0.15, -0.1) is 0 Å². The van der Waals surface area contributed by atoms with Crippen molar-refractivity contribution >= 4 is 26.7 Å². The number of rotatable bonds is 7. The number of benzene rings is 1. The third-order valence-electron chi connectivity index (χ3n) is 2.78. The van der Waals surface area contributed by atoms with Crippen molar-refractivity contribution in [1.29, 1.82) is 0 Å². The van der Waals surface area contributed by atoms with Crippen LogP contribution in [-0.2, 0) is 10.0 Å². The highest BCUT2D eigenvalue weighted by Gasteiger charge is 2.22. The number of likely N-dealkylation sites (N-methyl/N-ethyl adjacent to an activating group) is 1. The molecule has 1 heterocycles. The summed E-state index contributed by atoms with van der Waals surface area (Å²) in [5.74, 6) is 0. The summed E-state index contributed by atoms with van der Waals surface area (Å²) in [4.78, 5) is 1.93. The fourth-order valence-corrected chi connectivity index (χ4v) is 2.93. The molecule has 9 nitrogen and oxygen atoms in total. The maximum atomic E-state index is 12.3. The molecule has 0 atom stereocenters. The lowest BCUT2D eigenvalue weighted by Crippen LogP contribution is -2.31. The lowest BCUT2D eigenvalue weighted by Gasteiger charge is -2.11. The van der Waals surface area contributed by atoms with Crippen molar-refractivity contribution in [2.75, 3.05) is 39.7 Å². The summed E-state index contributed by atoms with van der Waals surface area (Å²) >= 11 is 0. The summed E-state index contributed by atoms with van der Waals surface area (Å²) in [5, 5.41) is 7.42. The molecule has 0 unspecified atom stereocenters. The molecule has 1 aromatic heterocycles. The standard InChI is InChI=1S/C11H18N6O3S/c1-12-14-8-4-5-9(11-10(8)15-20-16-11)21(18,19)13-6-7-17(2)3/h4-5,12-14H,6-7H2,1-3H3. The van der Waals surface area contributed by atoms with Gasteiger partial charge in [0.1, 0.15) is 4.90 Å². The molecule has 10 heteroatoms. The van der Waals surface area contributed by atoms with Crippen LogP contribution in [0.2, 0.25) is 0 Å². The summed E-state index contributed by atoms with van der Waals surface area (Å²) in [6.07, 6.45) is 0. The minimum Gasteiger partial charge on any atom is -0.320 e. The van der Waals surface area contributed by atoms with Gasteiger partial charge in [0.25, 0.3) is 0 Å². The summed E-state index contributed by atoms with van der Waals surface area (Å²) in [6.45, 7) is 0.900. The van der Waals surface area contributed by atoms with E-state index in [-0.39, 0.29) is 10.4 Å². The van der Waals surface area contributed by atoms with Gasteiger partial charge in [0.05, 0.1) is 5.69 Å². The Labute approximate surface area is 122 Å². The molecule has 0 radical (unpaired) electrons. The molecular formula is C11H18N6O3S. The van der Waals surface area contributed by atoms with Gasteiger partial charge in [-0.05, 0) is 36.5 Å². The molecule has 0 bridgehead atoms. The van der Waals surface area contributed by atoms with Gasteiger partial charge in [-0.2, -0.15) is 0 Å². The molecular weight excluding hydrogens is 296 g/mol. The van der Waals surface area contributed by atoms with Crippen molar-refractivity contribution in [1.82, 2.24) is 25.4 Å². The first-order valence-corrected chi connectivity index (χ1v) is 7.76. The molecule has 0 aliphatic rings. The topological polar surface area (TPSA) is 112 Å². The number of fused-ring (bicyclic) bond motifs is 1. The minimum absolute atomic E-state index is 0.0409. The van der Waals surface area contributed by atoms with Gasteiger partial charge in [-0.25, -0.2) is 23.2 Å². The summed E-state index contributed by atoms with van der Waals surface area (Å²) in [6, 6.07) is 3.06. The Morgan fingerprint density at radius 2 is 1.95 bits per heavy atom. The Kier molecular flexibility index (Phi) is 4.73. The monoisotopic (exact) mass is 314 g/mol. The maximum absolute atomic E-state index is 12.3. The zero-order chi connectivity index (χ0) is 15.5. The molecule has 0 spiro atoms. The second kappa shape index (κ2) is 6.35. The molecule has 2 aromatic rings. The maximum Gasteiger partial charge on any atom is 0.242 e. The quantitative estimate of drug-likeness (QED) is 0.592. The molecule has 0 saturated carbocycles. The third-order valence-corrected chi connectivity index (χ3v) is 4.27. The van der Waals surface area contributed by atoms with Gasteiger partial charge in [-0.3, -0.25) is 0 Å². The molecule has 3 N–H and O–H groups in total. The zero-order valence-electron chi connectivity index (χ0n) is 12.0. The van der Waals surface area contributed by atoms with Crippen LogP contribution in [0.4, 0.5) is 5.69 Å². The van der Waals surface area contributed by atoms with E-state index in [1.807, 2.05) is 19.0 Å². The van der Waals surface area contributed by atoms with Crippen LogP contribution < -0.4 is 15.6 Å². The average molecular weight is 314 g/mol. The molecule has 0 aliphatic carbocycles. The molecule has 0 fully saturated rings. The number of aromatic nitrogens is 2. The minimum atomic E-state index is -3.67. The number of hydrogen-bond acceptors (Lipinski definition) is 8. The normalized spacial score (nSPS) is 12.2. The van der Waals surface area contributed by atoms with Gasteiger partial charge in [0.2, 0.25) is 10.0 Å². The van der Waals surface area contributed by atoms with Gasteiger partial charge in [0.15, 0.2) is 11.0 Å². The first-order valence-electron chi connectivity index (χ1n) is 6.28. The van der Waals surface area contributed by atoms with E-state index in [1.165, 1.54) is 6.07 Å². The molecule has 1 aromatic carbocycles. The van der Waals surface area contributed by atoms with E-state index < -0.39 is 10.0 Å². The Hall–Kier alpha value is -1.75. The number of nitrogens with zero attached hydrogens (tertiary/aromatic N) is 3. The molecule has 0 aliphatic heterocycles. The molecule has 0 saturated heterocycles. The van der Waals surface area contributed by atoms with Crippen LogP contribution in [0.25, 0.3) is 11.0 Å². The predicted molar refractivity (Wildman–Crippen MR) is 78.2 cm³/mol. The SMILES string of the molecule is CNNc1ccc(S(=O)(=O)NCCN(C)C)c2nonc12. The Balaban J connectivity index is 2.33. The first kappa shape index (κ1) is 15.6. The number of anilines is 1. The fourth-order valence-electron chi connectivity index (χ4n) is 1.78. The van der Waals surface area contributed by atoms with Gasteiger partial charge in [0, 0.05) is 20.1 Å². The Morgan fingerprint density at radius 3 is 2.62 bits per heavy atom. The number of sulfonamides is 1. The number of hydrogen-bond donors (Lipinski definition) is 3. The third kappa shape index (κ3) is 3.47. The van der Waals surface area contributed by atoms with Crippen LogP contribution in [0, 0.1) is 0 Å². The lowest BCUT2D eigenvalue weighted by molar-refractivity contribution is 0.315. The van der Waals surface area contributed by atoms with Crippen molar-refractivity contribution in [3.8, 4) is 0 Å². The van der Waals surface area contributed by atoms with Crippen LogP contribution in [0.3, 0.4) is 0 Å². The summed E-state index contributed by atoms with van der Waals surface area (Å²) < 4.78 is 31.8. The van der Waals surface area contributed by atoms with Crippen LogP contribution >= 0.6 is 0 Å². The highest BCUT2D eigenvalue weighted by atomic mass is 32.2. The van der Waals surface area contributed by atoms with E-state index >= 15 is 0 Å². The zero-order valence-corrected chi connectivity index (χ0v) is 12.9. The Morgan fingerprint density at radius 1 is 1.24 bits per heavy atom. The van der Waals surface area contributed by atoms with E-state index in [4.69, 9.17) is 0 Å². The van der Waals surface area contributed by atoms with E-state index in [0.29, 0.717) is 24.3 Å². The van der Waals surface area contributed by atoms with Crippen molar-refractivity contribution < 1.29 is 13.0 Å². The van der Waals surface area contributed by atoms with Crippen LogP contribution in [0.5, 0.6) is 0 Å². The Bertz CT molecular complexity index is 712. The fraction of sp³-hybridized carbons (Fsp3) is 0.455. The van der Waals surface area contributed by atoms with Crippen LogP contribution in [0.15, 0.2) is 21.7 Å². The smallest absolute Gasteiger partial charge is 0.242 e. The van der Waals surface area contributed by atoms with E-state index in [9.17, 15) is 8.42 Å². The van der Waals surface area contributed by atoms with E-state index in [0.717, 1.165) is 0 Å². The van der Waals surface area contributed by atoms with Crippen molar-refractivity contribution in [3.63, 3.8) is 0 Å². The second-order valence-corrected chi connectivity index (χ2v) is 6.38. The lowest BCUT2D eigenvalue weighted by atomic mass is 10.3. The molecule has 0 amide bonds. The van der Waals surface area contributed by atoms with E-state index in [1.54, 1.807) is 13.1 Å². The molecule has 21 heavy (non-hydrogen) atoms. The first-order chi connectivity index (χ1) is 9.95. The number of hydrazine groups is 1. The number of nitrogens with one attached hydrogen (secondary N) is 3. The average Bonchev–Trinajstić information content (AvgIpc) is 2.87. The molecule has 116 valence electrons. The predicted octanol–water partition coefficient (Wildman–Crippen LogP) is -0.391. The van der Waals surface area contributed by atoms with Crippen molar-refractivity contribution in [2.24, 2.45) is 0 Å².